The van der Waals surface area contributed by atoms with Crippen molar-refractivity contribution in [2.24, 2.45) is 0 Å². The first-order chi connectivity index (χ1) is 5.41. The Bertz CT molecular complexity index is 107. The lowest BCUT2D eigenvalue weighted by atomic mass is 9.91. The Morgan fingerprint density at radius 2 is 2.27 bits per heavy atom. The SMILES string of the molecule is C1COCC2(C1)CNCCN2. The fourth-order valence-electron chi connectivity index (χ4n) is 1.94. The van der Waals surface area contributed by atoms with Crippen LogP contribution in [-0.2, 0) is 4.74 Å². The van der Waals surface area contributed by atoms with Gasteiger partial charge in [-0.3, -0.25) is 0 Å². The molecule has 64 valence electrons. The highest BCUT2D eigenvalue weighted by molar-refractivity contribution is 4.94. The van der Waals surface area contributed by atoms with E-state index in [0.717, 1.165) is 32.8 Å². The fraction of sp³-hybridized carbons (Fsp3) is 1.00. The third-order valence-electron chi connectivity index (χ3n) is 2.59. The van der Waals surface area contributed by atoms with E-state index in [1.54, 1.807) is 0 Å². The minimum atomic E-state index is 0.274. The Labute approximate surface area is 67.5 Å². The van der Waals surface area contributed by atoms with Crippen molar-refractivity contribution in [3.63, 3.8) is 0 Å². The smallest absolute Gasteiger partial charge is 0.0660 e. The number of piperazine rings is 1. The van der Waals surface area contributed by atoms with Crippen LogP contribution in [0.15, 0.2) is 0 Å². The molecule has 1 atom stereocenters. The van der Waals surface area contributed by atoms with Crippen LogP contribution in [0.25, 0.3) is 0 Å². The van der Waals surface area contributed by atoms with Gasteiger partial charge in [0.15, 0.2) is 0 Å². The molecule has 0 saturated carbocycles. The van der Waals surface area contributed by atoms with Gasteiger partial charge in [0.2, 0.25) is 0 Å². The highest BCUT2D eigenvalue weighted by Crippen LogP contribution is 2.19. The first kappa shape index (κ1) is 7.53. The Balaban J connectivity index is 1.94. The molecule has 0 aromatic heterocycles. The van der Waals surface area contributed by atoms with Gasteiger partial charge in [0, 0.05) is 26.2 Å². The molecule has 2 N–H and O–H groups in total. The first-order valence-corrected chi connectivity index (χ1v) is 4.45. The maximum Gasteiger partial charge on any atom is 0.0660 e. The fourth-order valence-corrected chi connectivity index (χ4v) is 1.94. The van der Waals surface area contributed by atoms with Crippen LogP contribution in [0.3, 0.4) is 0 Å². The summed E-state index contributed by atoms with van der Waals surface area (Å²) in [4.78, 5) is 0. The lowest BCUT2D eigenvalue weighted by molar-refractivity contribution is 0.0143. The maximum atomic E-state index is 5.46. The molecular weight excluding hydrogens is 140 g/mol. The van der Waals surface area contributed by atoms with Crippen LogP contribution < -0.4 is 10.6 Å². The summed E-state index contributed by atoms with van der Waals surface area (Å²) in [7, 11) is 0. The summed E-state index contributed by atoms with van der Waals surface area (Å²) in [6.07, 6.45) is 2.47. The van der Waals surface area contributed by atoms with E-state index < -0.39 is 0 Å². The average molecular weight is 156 g/mol. The largest absolute Gasteiger partial charge is 0.379 e. The van der Waals surface area contributed by atoms with Crippen molar-refractivity contribution >= 4 is 0 Å². The van der Waals surface area contributed by atoms with E-state index in [-0.39, 0.29) is 5.54 Å². The van der Waals surface area contributed by atoms with Crippen molar-refractivity contribution in [2.45, 2.75) is 18.4 Å². The zero-order chi connectivity index (χ0) is 7.57. The molecule has 2 fully saturated rings. The van der Waals surface area contributed by atoms with Crippen molar-refractivity contribution in [2.75, 3.05) is 32.8 Å². The number of hydrogen-bond donors (Lipinski definition) is 2. The van der Waals surface area contributed by atoms with Crippen LogP contribution in [0.2, 0.25) is 0 Å². The number of ether oxygens (including phenoxy) is 1. The molecule has 2 aliphatic rings. The zero-order valence-corrected chi connectivity index (χ0v) is 6.86. The normalized spacial score (nSPS) is 39.3. The molecule has 3 heteroatoms. The predicted octanol–water partition coefficient (Wildman–Crippen LogP) is -0.272. The number of rotatable bonds is 0. The van der Waals surface area contributed by atoms with Gasteiger partial charge in [-0.2, -0.15) is 0 Å². The molecule has 2 saturated heterocycles. The van der Waals surface area contributed by atoms with E-state index in [0.29, 0.717) is 0 Å². The highest BCUT2D eigenvalue weighted by atomic mass is 16.5. The van der Waals surface area contributed by atoms with Gasteiger partial charge in [-0.15, -0.1) is 0 Å². The lowest BCUT2D eigenvalue weighted by Crippen LogP contribution is -2.62. The van der Waals surface area contributed by atoms with Crippen molar-refractivity contribution in [1.29, 1.82) is 0 Å². The van der Waals surface area contributed by atoms with E-state index in [1.165, 1.54) is 12.8 Å². The van der Waals surface area contributed by atoms with Crippen molar-refractivity contribution in [3.8, 4) is 0 Å². The molecule has 3 nitrogen and oxygen atoms in total. The van der Waals surface area contributed by atoms with Crippen LogP contribution in [0, 0.1) is 0 Å². The molecule has 0 radical (unpaired) electrons. The standard InChI is InChI=1S/C8H16N2O/c1-2-8(7-11-5-1)6-9-3-4-10-8/h9-10H,1-7H2. The van der Waals surface area contributed by atoms with Gasteiger partial charge in [0.1, 0.15) is 0 Å². The van der Waals surface area contributed by atoms with Crippen molar-refractivity contribution in [1.82, 2.24) is 10.6 Å². The van der Waals surface area contributed by atoms with Crippen LogP contribution >= 0.6 is 0 Å². The summed E-state index contributed by atoms with van der Waals surface area (Å²) in [5, 5.41) is 6.95. The molecule has 2 heterocycles. The van der Waals surface area contributed by atoms with Gasteiger partial charge in [0.25, 0.3) is 0 Å². The second-order valence-electron chi connectivity index (χ2n) is 3.54. The number of nitrogens with one attached hydrogen (secondary N) is 2. The van der Waals surface area contributed by atoms with Gasteiger partial charge >= 0.3 is 0 Å². The molecule has 2 aliphatic heterocycles. The van der Waals surface area contributed by atoms with Gasteiger partial charge in [-0.25, -0.2) is 0 Å². The minimum Gasteiger partial charge on any atom is -0.379 e. The molecule has 2 rings (SSSR count). The summed E-state index contributed by atoms with van der Waals surface area (Å²) in [6.45, 7) is 5.10. The number of hydrogen-bond acceptors (Lipinski definition) is 3. The van der Waals surface area contributed by atoms with E-state index in [2.05, 4.69) is 10.6 Å². The third-order valence-corrected chi connectivity index (χ3v) is 2.59. The zero-order valence-electron chi connectivity index (χ0n) is 6.86. The summed E-state index contributed by atoms with van der Waals surface area (Å²) in [6, 6.07) is 0. The van der Waals surface area contributed by atoms with E-state index in [4.69, 9.17) is 4.74 Å². The Kier molecular flexibility index (Phi) is 2.11. The van der Waals surface area contributed by atoms with Crippen molar-refractivity contribution < 1.29 is 4.74 Å². The van der Waals surface area contributed by atoms with Gasteiger partial charge in [0.05, 0.1) is 12.1 Å². The Morgan fingerprint density at radius 3 is 2.91 bits per heavy atom. The minimum absolute atomic E-state index is 0.274. The molecule has 0 aromatic rings. The summed E-state index contributed by atoms with van der Waals surface area (Å²) >= 11 is 0. The Morgan fingerprint density at radius 1 is 1.27 bits per heavy atom. The van der Waals surface area contributed by atoms with Gasteiger partial charge < -0.3 is 15.4 Å². The van der Waals surface area contributed by atoms with Crippen LogP contribution in [-0.4, -0.2) is 38.4 Å². The molecule has 1 spiro atoms. The van der Waals surface area contributed by atoms with Gasteiger partial charge in [-0.05, 0) is 12.8 Å². The van der Waals surface area contributed by atoms with Crippen molar-refractivity contribution in [3.05, 3.63) is 0 Å². The molecule has 0 bridgehead atoms. The monoisotopic (exact) mass is 156 g/mol. The summed E-state index contributed by atoms with van der Waals surface area (Å²) < 4.78 is 5.46. The second kappa shape index (κ2) is 3.09. The lowest BCUT2D eigenvalue weighted by Gasteiger charge is -2.41. The molecule has 0 amide bonds. The summed E-state index contributed by atoms with van der Waals surface area (Å²) in [5.41, 5.74) is 0.274. The van der Waals surface area contributed by atoms with Crippen LogP contribution in [0.4, 0.5) is 0 Å². The maximum absolute atomic E-state index is 5.46. The van der Waals surface area contributed by atoms with E-state index >= 15 is 0 Å². The molecule has 1 unspecified atom stereocenters. The molecule has 0 aromatic carbocycles. The molecular formula is C8H16N2O. The van der Waals surface area contributed by atoms with Gasteiger partial charge in [-0.1, -0.05) is 0 Å². The van der Waals surface area contributed by atoms with E-state index in [1.807, 2.05) is 0 Å². The van der Waals surface area contributed by atoms with Crippen LogP contribution in [0.5, 0.6) is 0 Å². The average Bonchev–Trinajstić information content (AvgIpc) is 2.07. The highest BCUT2D eigenvalue weighted by Gasteiger charge is 2.33. The Hall–Kier alpha value is -0.120. The topological polar surface area (TPSA) is 33.3 Å². The third kappa shape index (κ3) is 1.55. The second-order valence-corrected chi connectivity index (χ2v) is 3.54. The molecule has 11 heavy (non-hydrogen) atoms. The first-order valence-electron chi connectivity index (χ1n) is 4.45. The van der Waals surface area contributed by atoms with E-state index in [9.17, 15) is 0 Å². The van der Waals surface area contributed by atoms with Crippen LogP contribution in [0.1, 0.15) is 12.8 Å². The molecule has 0 aliphatic carbocycles. The summed E-state index contributed by atoms with van der Waals surface area (Å²) in [5.74, 6) is 0. The predicted molar refractivity (Wildman–Crippen MR) is 43.7 cm³/mol. The quantitative estimate of drug-likeness (QED) is 0.506.